The Kier molecular flexibility index (Phi) is 6.73. The number of benzene rings is 1. The predicted octanol–water partition coefficient (Wildman–Crippen LogP) is 4.21. The monoisotopic (exact) mass is 278 g/mol. The highest BCUT2D eigenvalue weighted by molar-refractivity contribution is 5.56. The van der Waals surface area contributed by atoms with Gasteiger partial charge in [0.25, 0.3) is 0 Å². The highest BCUT2D eigenvalue weighted by Crippen LogP contribution is 2.29. The molecule has 0 bridgehead atoms. The number of rotatable bonds is 8. The van der Waals surface area contributed by atoms with Gasteiger partial charge in [0, 0.05) is 25.3 Å². The molecule has 0 aliphatic heterocycles. The molecule has 1 aromatic rings. The van der Waals surface area contributed by atoms with Crippen molar-refractivity contribution in [2.75, 3.05) is 25.0 Å². The topological polar surface area (TPSA) is 15.3 Å². The molecule has 0 heterocycles. The van der Waals surface area contributed by atoms with E-state index < -0.39 is 0 Å². The predicted molar refractivity (Wildman–Crippen MR) is 85.9 cm³/mol. The summed E-state index contributed by atoms with van der Waals surface area (Å²) in [5.41, 5.74) is 2.83. The number of hydrogen-bond donors (Lipinski definition) is 1. The molecule has 112 valence electrons. The molecule has 1 unspecified atom stereocenters. The number of halogens is 1. The lowest BCUT2D eigenvalue weighted by Crippen LogP contribution is -2.24. The molecule has 0 aliphatic carbocycles. The number of anilines is 1. The van der Waals surface area contributed by atoms with E-state index in [1.54, 1.807) is 6.07 Å². The van der Waals surface area contributed by atoms with Gasteiger partial charge in [0.2, 0.25) is 0 Å². The van der Waals surface area contributed by atoms with Crippen LogP contribution in [0.5, 0.6) is 0 Å². The highest BCUT2D eigenvalue weighted by Gasteiger charge is 2.15. The number of unbranched alkanes of at least 4 members (excludes halogenated alkanes) is 1. The van der Waals surface area contributed by atoms with E-state index in [4.69, 9.17) is 0 Å². The van der Waals surface area contributed by atoms with Crippen molar-refractivity contribution >= 4 is 5.69 Å². The zero-order chi connectivity index (χ0) is 15.1. The van der Waals surface area contributed by atoms with Gasteiger partial charge in [0.1, 0.15) is 5.82 Å². The Morgan fingerprint density at radius 2 is 2.15 bits per heavy atom. The van der Waals surface area contributed by atoms with Crippen LogP contribution in [-0.2, 0) is 0 Å². The van der Waals surface area contributed by atoms with Crippen LogP contribution < -0.4 is 10.2 Å². The van der Waals surface area contributed by atoms with E-state index in [2.05, 4.69) is 37.7 Å². The maximum Gasteiger partial charge on any atom is 0.126 e. The van der Waals surface area contributed by atoms with Gasteiger partial charge in [-0.05, 0) is 56.5 Å². The third-order valence-corrected chi connectivity index (χ3v) is 3.60. The second-order valence-corrected chi connectivity index (χ2v) is 5.29. The number of aryl methyl sites for hydroxylation is 1. The zero-order valence-electron chi connectivity index (χ0n) is 13.2. The van der Waals surface area contributed by atoms with Crippen molar-refractivity contribution in [1.29, 1.82) is 0 Å². The molecule has 1 N–H and O–H groups in total. The summed E-state index contributed by atoms with van der Waals surface area (Å²) in [6, 6.07) is 3.76. The molecule has 1 atom stereocenters. The Labute approximate surface area is 122 Å². The van der Waals surface area contributed by atoms with E-state index in [9.17, 15) is 4.39 Å². The fourth-order valence-electron chi connectivity index (χ4n) is 2.37. The van der Waals surface area contributed by atoms with Gasteiger partial charge in [-0.3, -0.25) is 0 Å². The van der Waals surface area contributed by atoms with E-state index in [0.717, 1.165) is 37.2 Å². The second-order valence-electron chi connectivity index (χ2n) is 5.29. The first-order valence-electron chi connectivity index (χ1n) is 7.36. The Morgan fingerprint density at radius 1 is 1.45 bits per heavy atom. The summed E-state index contributed by atoms with van der Waals surface area (Å²) in [5.74, 6) is -0.131. The second kappa shape index (κ2) is 8.05. The first-order chi connectivity index (χ1) is 9.51. The summed E-state index contributed by atoms with van der Waals surface area (Å²) < 4.78 is 13.9. The standard InChI is InChI=1S/C17H27FN2/c1-6-8-9-10-20(5)17-11-13(3)16(18)12-15(17)14(4)19-7-2/h6,11-12,14,19H,1,7-10H2,2-5H3. The van der Waals surface area contributed by atoms with Crippen LogP contribution >= 0.6 is 0 Å². The molecular weight excluding hydrogens is 251 g/mol. The molecule has 3 heteroatoms. The largest absolute Gasteiger partial charge is 0.374 e. The van der Waals surface area contributed by atoms with Crippen molar-refractivity contribution in [3.63, 3.8) is 0 Å². The maximum atomic E-state index is 13.9. The fraction of sp³-hybridized carbons (Fsp3) is 0.529. The fourth-order valence-corrected chi connectivity index (χ4v) is 2.37. The van der Waals surface area contributed by atoms with Gasteiger partial charge in [-0.2, -0.15) is 0 Å². The van der Waals surface area contributed by atoms with Gasteiger partial charge >= 0.3 is 0 Å². The van der Waals surface area contributed by atoms with Crippen LogP contribution in [0.3, 0.4) is 0 Å². The molecule has 0 fully saturated rings. The van der Waals surface area contributed by atoms with Crippen molar-refractivity contribution in [2.24, 2.45) is 0 Å². The summed E-state index contributed by atoms with van der Waals surface area (Å²) in [6.07, 6.45) is 4.00. The minimum atomic E-state index is -0.131. The lowest BCUT2D eigenvalue weighted by Gasteiger charge is -2.26. The van der Waals surface area contributed by atoms with E-state index in [1.807, 2.05) is 19.1 Å². The maximum absolute atomic E-state index is 13.9. The molecule has 0 aliphatic rings. The average Bonchev–Trinajstić information content (AvgIpc) is 2.41. The van der Waals surface area contributed by atoms with E-state index in [0.29, 0.717) is 5.56 Å². The average molecular weight is 278 g/mol. The first kappa shape index (κ1) is 16.7. The molecular formula is C17H27FN2. The minimum absolute atomic E-state index is 0.131. The minimum Gasteiger partial charge on any atom is -0.374 e. The SMILES string of the molecule is C=CCCCN(C)c1cc(C)c(F)cc1C(C)NCC. The van der Waals surface area contributed by atoms with E-state index >= 15 is 0 Å². The molecule has 0 amide bonds. The molecule has 0 saturated carbocycles. The Hall–Kier alpha value is -1.35. The molecule has 2 nitrogen and oxygen atoms in total. The Morgan fingerprint density at radius 3 is 2.75 bits per heavy atom. The molecule has 0 saturated heterocycles. The Balaban J connectivity index is 3.02. The van der Waals surface area contributed by atoms with Crippen molar-refractivity contribution < 1.29 is 4.39 Å². The summed E-state index contributed by atoms with van der Waals surface area (Å²) in [6.45, 7) is 11.5. The molecule has 1 rings (SSSR count). The van der Waals surface area contributed by atoms with Gasteiger partial charge in [-0.25, -0.2) is 4.39 Å². The lowest BCUT2D eigenvalue weighted by molar-refractivity contribution is 0.578. The highest BCUT2D eigenvalue weighted by atomic mass is 19.1. The van der Waals surface area contributed by atoms with Crippen LogP contribution in [-0.4, -0.2) is 20.1 Å². The van der Waals surface area contributed by atoms with Crippen molar-refractivity contribution in [1.82, 2.24) is 5.32 Å². The summed E-state index contributed by atoms with van der Waals surface area (Å²) in [7, 11) is 2.07. The van der Waals surface area contributed by atoms with Gasteiger partial charge in [0.15, 0.2) is 0 Å². The molecule has 0 radical (unpaired) electrons. The van der Waals surface area contributed by atoms with Crippen LogP contribution in [0, 0.1) is 12.7 Å². The molecule has 20 heavy (non-hydrogen) atoms. The molecule has 0 spiro atoms. The Bertz CT molecular complexity index is 443. The smallest absolute Gasteiger partial charge is 0.126 e. The summed E-state index contributed by atoms with van der Waals surface area (Å²) in [5, 5.41) is 3.36. The van der Waals surface area contributed by atoms with Crippen LogP contribution in [0.1, 0.15) is 43.9 Å². The van der Waals surface area contributed by atoms with E-state index in [-0.39, 0.29) is 11.9 Å². The van der Waals surface area contributed by atoms with Crippen molar-refractivity contribution in [3.05, 3.63) is 41.7 Å². The van der Waals surface area contributed by atoms with Crippen LogP contribution in [0.15, 0.2) is 24.8 Å². The lowest BCUT2D eigenvalue weighted by atomic mass is 10.0. The number of nitrogens with zero attached hydrogens (tertiary/aromatic N) is 1. The van der Waals surface area contributed by atoms with Crippen molar-refractivity contribution in [3.8, 4) is 0 Å². The van der Waals surface area contributed by atoms with Gasteiger partial charge in [0.05, 0.1) is 0 Å². The van der Waals surface area contributed by atoms with Gasteiger partial charge in [-0.15, -0.1) is 6.58 Å². The number of nitrogens with one attached hydrogen (secondary N) is 1. The third kappa shape index (κ3) is 4.34. The quantitative estimate of drug-likeness (QED) is 0.566. The van der Waals surface area contributed by atoms with Crippen LogP contribution in [0.25, 0.3) is 0 Å². The number of allylic oxidation sites excluding steroid dienone is 1. The van der Waals surface area contributed by atoms with Gasteiger partial charge < -0.3 is 10.2 Å². The summed E-state index contributed by atoms with van der Waals surface area (Å²) >= 11 is 0. The van der Waals surface area contributed by atoms with Crippen LogP contribution in [0.2, 0.25) is 0 Å². The normalized spacial score (nSPS) is 12.2. The van der Waals surface area contributed by atoms with Crippen molar-refractivity contribution in [2.45, 2.75) is 39.7 Å². The zero-order valence-corrected chi connectivity index (χ0v) is 13.2. The third-order valence-electron chi connectivity index (χ3n) is 3.60. The van der Waals surface area contributed by atoms with E-state index in [1.165, 1.54) is 0 Å². The van der Waals surface area contributed by atoms with Crippen LogP contribution in [0.4, 0.5) is 10.1 Å². The summed E-state index contributed by atoms with van der Waals surface area (Å²) in [4.78, 5) is 2.21. The number of hydrogen-bond acceptors (Lipinski definition) is 2. The first-order valence-corrected chi connectivity index (χ1v) is 7.36. The molecule has 0 aromatic heterocycles. The molecule has 1 aromatic carbocycles. The van der Waals surface area contributed by atoms with Gasteiger partial charge in [-0.1, -0.05) is 13.0 Å².